The topological polar surface area (TPSA) is 34.1 Å². The average molecular weight is 293 g/mol. The van der Waals surface area contributed by atoms with Crippen molar-refractivity contribution in [1.29, 1.82) is 0 Å². The highest BCUT2D eigenvalue weighted by molar-refractivity contribution is 6.31. The van der Waals surface area contributed by atoms with Gasteiger partial charge in [0.2, 0.25) is 0 Å². The van der Waals surface area contributed by atoms with E-state index in [2.05, 4.69) is 0 Å². The number of hydrogen-bond donors (Lipinski definition) is 0. The van der Waals surface area contributed by atoms with Gasteiger partial charge in [-0.25, -0.2) is 8.78 Å². The molecule has 2 aromatic rings. The van der Waals surface area contributed by atoms with Crippen LogP contribution in [0.2, 0.25) is 5.02 Å². The van der Waals surface area contributed by atoms with Crippen molar-refractivity contribution in [2.45, 2.75) is 5.92 Å². The molecule has 3 rings (SSSR count). The molecule has 0 aromatic heterocycles. The number of Topliss-reactive ketones (excluding diaryl/α,β-unsaturated/α-hetero) is 2. The van der Waals surface area contributed by atoms with Gasteiger partial charge in [-0.2, -0.15) is 0 Å². The van der Waals surface area contributed by atoms with Gasteiger partial charge in [-0.1, -0.05) is 35.9 Å². The van der Waals surface area contributed by atoms with Crippen LogP contribution >= 0.6 is 11.6 Å². The van der Waals surface area contributed by atoms with Crippen molar-refractivity contribution < 1.29 is 18.4 Å². The first kappa shape index (κ1) is 12.9. The van der Waals surface area contributed by atoms with E-state index < -0.39 is 29.1 Å². The lowest BCUT2D eigenvalue weighted by Crippen LogP contribution is -2.15. The fraction of sp³-hybridized carbons (Fsp3) is 0.0667. The summed E-state index contributed by atoms with van der Waals surface area (Å²) in [6.07, 6.45) is 0. The SMILES string of the molecule is O=C1c2ccccc2C(=O)C1c1cc(F)c(Cl)cc1F. The van der Waals surface area contributed by atoms with Gasteiger partial charge in [-0.05, 0) is 12.1 Å². The zero-order valence-electron chi connectivity index (χ0n) is 9.99. The molecule has 2 nitrogen and oxygen atoms in total. The minimum Gasteiger partial charge on any atom is -0.293 e. The Hall–Kier alpha value is -2.07. The summed E-state index contributed by atoms with van der Waals surface area (Å²) in [5, 5.41) is -0.387. The summed E-state index contributed by atoms with van der Waals surface area (Å²) in [5.74, 6) is -4.10. The molecule has 0 heterocycles. The van der Waals surface area contributed by atoms with Gasteiger partial charge < -0.3 is 0 Å². The Bertz CT molecular complexity index is 721. The number of rotatable bonds is 1. The number of fused-ring (bicyclic) bond motifs is 1. The van der Waals surface area contributed by atoms with E-state index in [9.17, 15) is 18.4 Å². The minimum atomic E-state index is -1.33. The van der Waals surface area contributed by atoms with Gasteiger partial charge in [-0.3, -0.25) is 9.59 Å². The summed E-state index contributed by atoms with van der Waals surface area (Å²) >= 11 is 5.47. The Morgan fingerprint density at radius 3 is 2.00 bits per heavy atom. The van der Waals surface area contributed by atoms with Crippen molar-refractivity contribution in [2.24, 2.45) is 0 Å². The lowest BCUT2D eigenvalue weighted by Gasteiger charge is -2.09. The molecule has 1 aliphatic carbocycles. The molecule has 2 aromatic carbocycles. The largest absolute Gasteiger partial charge is 0.293 e. The highest BCUT2D eigenvalue weighted by Crippen LogP contribution is 2.36. The van der Waals surface area contributed by atoms with E-state index in [-0.39, 0.29) is 21.7 Å². The quantitative estimate of drug-likeness (QED) is 0.592. The van der Waals surface area contributed by atoms with Crippen LogP contribution in [0.15, 0.2) is 36.4 Å². The van der Waals surface area contributed by atoms with Crippen LogP contribution in [0.1, 0.15) is 32.2 Å². The van der Waals surface area contributed by atoms with Crippen molar-refractivity contribution in [3.8, 4) is 0 Å². The molecule has 0 amide bonds. The number of benzene rings is 2. The van der Waals surface area contributed by atoms with Crippen LogP contribution in [0.3, 0.4) is 0 Å². The molecule has 0 saturated heterocycles. The third kappa shape index (κ3) is 1.76. The molecule has 0 aliphatic heterocycles. The Morgan fingerprint density at radius 1 is 0.900 bits per heavy atom. The van der Waals surface area contributed by atoms with Crippen molar-refractivity contribution in [3.63, 3.8) is 0 Å². The van der Waals surface area contributed by atoms with Gasteiger partial charge in [0, 0.05) is 16.7 Å². The summed E-state index contributed by atoms with van der Waals surface area (Å²) in [4.78, 5) is 24.4. The molecule has 0 unspecified atom stereocenters. The third-order valence-electron chi connectivity index (χ3n) is 3.33. The smallest absolute Gasteiger partial charge is 0.178 e. The maximum absolute atomic E-state index is 13.9. The van der Waals surface area contributed by atoms with Crippen LogP contribution in [0, 0.1) is 11.6 Å². The number of carbonyl (C=O) groups is 2. The van der Waals surface area contributed by atoms with Gasteiger partial charge in [-0.15, -0.1) is 0 Å². The van der Waals surface area contributed by atoms with Crippen molar-refractivity contribution in [1.82, 2.24) is 0 Å². The predicted octanol–water partition coefficient (Wildman–Crippen LogP) is 3.78. The lowest BCUT2D eigenvalue weighted by atomic mass is 9.93. The van der Waals surface area contributed by atoms with Crippen LogP contribution in [0.5, 0.6) is 0 Å². The second kappa shape index (κ2) is 4.49. The van der Waals surface area contributed by atoms with Crippen LogP contribution < -0.4 is 0 Å². The molecule has 100 valence electrons. The Labute approximate surface area is 118 Å². The maximum atomic E-state index is 13.9. The monoisotopic (exact) mass is 292 g/mol. The molecule has 20 heavy (non-hydrogen) atoms. The zero-order valence-corrected chi connectivity index (χ0v) is 10.7. The van der Waals surface area contributed by atoms with Crippen molar-refractivity contribution in [2.75, 3.05) is 0 Å². The first-order chi connectivity index (χ1) is 9.50. The van der Waals surface area contributed by atoms with Gasteiger partial charge in [0.15, 0.2) is 11.6 Å². The van der Waals surface area contributed by atoms with E-state index in [0.717, 1.165) is 12.1 Å². The van der Waals surface area contributed by atoms with E-state index in [0.29, 0.717) is 0 Å². The average Bonchev–Trinajstić information content (AvgIpc) is 2.68. The second-order valence-electron chi connectivity index (χ2n) is 4.49. The summed E-state index contributed by atoms with van der Waals surface area (Å²) in [7, 11) is 0. The molecular formula is C15H7ClF2O2. The first-order valence-corrected chi connectivity index (χ1v) is 6.20. The molecule has 0 atom stereocenters. The summed E-state index contributed by atoms with van der Waals surface area (Å²) in [6.45, 7) is 0. The van der Waals surface area contributed by atoms with Crippen LogP contribution in [0.25, 0.3) is 0 Å². The zero-order chi connectivity index (χ0) is 14.4. The highest BCUT2D eigenvalue weighted by atomic mass is 35.5. The molecule has 0 fully saturated rings. The van der Waals surface area contributed by atoms with Gasteiger partial charge >= 0.3 is 0 Å². The van der Waals surface area contributed by atoms with Gasteiger partial charge in [0.05, 0.1) is 5.02 Å². The molecule has 0 bridgehead atoms. The Balaban J connectivity index is 2.17. The van der Waals surface area contributed by atoms with Crippen molar-refractivity contribution in [3.05, 3.63) is 69.7 Å². The molecule has 0 saturated carbocycles. The van der Waals surface area contributed by atoms with Crippen LogP contribution in [-0.4, -0.2) is 11.6 Å². The van der Waals surface area contributed by atoms with E-state index in [4.69, 9.17) is 11.6 Å². The number of carbonyl (C=O) groups excluding carboxylic acids is 2. The summed E-state index contributed by atoms with van der Waals surface area (Å²) < 4.78 is 27.4. The molecule has 0 spiro atoms. The normalized spacial score (nSPS) is 14.8. The van der Waals surface area contributed by atoms with Crippen LogP contribution in [0.4, 0.5) is 8.78 Å². The van der Waals surface area contributed by atoms with Crippen LogP contribution in [-0.2, 0) is 0 Å². The fourth-order valence-electron chi connectivity index (χ4n) is 2.38. The highest BCUT2D eigenvalue weighted by Gasteiger charge is 2.40. The van der Waals surface area contributed by atoms with E-state index >= 15 is 0 Å². The summed E-state index contributed by atoms with van der Waals surface area (Å²) in [6, 6.07) is 7.82. The van der Waals surface area contributed by atoms with E-state index in [1.54, 1.807) is 12.1 Å². The molecule has 5 heteroatoms. The Morgan fingerprint density at radius 2 is 1.45 bits per heavy atom. The molecule has 0 N–H and O–H groups in total. The number of halogens is 3. The van der Waals surface area contributed by atoms with E-state index in [1.807, 2.05) is 0 Å². The third-order valence-corrected chi connectivity index (χ3v) is 3.62. The minimum absolute atomic E-state index is 0.234. The van der Waals surface area contributed by atoms with Crippen molar-refractivity contribution >= 4 is 23.2 Å². The predicted molar refractivity (Wildman–Crippen MR) is 69.2 cm³/mol. The molecule has 1 aliphatic rings. The van der Waals surface area contributed by atoms with Gasteiger partial charge in [0.25, 0.3) is 0 Å². The Kier molecular flexibility index (Phi) is 2.91. The summed E-state index contributed by atoms with van der Waals surface area (Å²) in [5.41, 5.74) is 0.188. The standard InChI is InChI=1S/C15H7ClF2O2/c16-10-6-11(17)9(5-12(10)18)13-14(19)7-3-1-2-4-8(7)15(13)20/h1-6,13H. The number of hydrogen-bond acceptors (Lipinski definition) is 2. The number of ketones is 2. The van der Waals surface area contributed by atoms with Gasteiger partial charge in [0.1, 0.15) is 17.6 Å². The van der Waals surface area contributed by atoms with E-state index in [1.165, 1.54) is 12.1 Å². The lowest BCUT2D eigenvalue weighted by molar-refractivity contribution is 0.0887. The molecular weight excluding hydrogens is 286 g/mol. The second-order valence-corrected chi connectivity index (χ2v) is 4.90. The first-order valence-electron chi connectivity index (χ1n) is 5.82. The molecule has 0 radical (unpaired) electrons. The maximum Gasteiger partial charge on any atom is 0.178 e. The fourth-order valence-corrected chi connectivity index (χ4v) is 2.53.